The van der Waals surface area contributed by atoms with Crippen molar-refractivity contribution in [3.05, 3.63) is 40.5 Å². The second-order valence-corrected chi connectivity index (χ2v) is 4.79. The van der Waals surface area contributed by atoms with Crippen LogP contribution in [0.5, 0.6) is 0 Å². The maximum atomic E-state index is 4.56. The van der Waals surface area contributed by atoms with Crippen molar-refractivity contribution >= 4 is 42.8 Å². The molecule has 0 atom stereocenters. The molecule has 0 aliphatic carbocycles. The van der Waals surface area contributed by atoms with E-state index in [0.717, 1.165) is 27.4 Å². The van der Waals surface area contributed by atoms with Gasteiger partial charge in [-0.3, -0.25) is 4.98 Å². The SMILES string of the molecule is BrCCc1ccc2cc(Br)ccc2n1. The molecule has 0 N–H and O–H groups in total. The average Bonchev–Trinajstić information content (AvgIpc) is 2.19. The van der Waals surface area contributed by atoms with E-state index < -0.39 is 0 Å². The zero-order valence-electron chi connectivity index (χ0n) is 7.50. The molecular weight excluding hydrogens is 306 g/mol. The molecule has 1 nitrogen and oxygen atoms in total. The molecule has 0 aliphatic rings. The first-order chi connectivity index (χ1) is 6.79. The Hall–Kier alpha value is -0.410. The van der Waals surface area contributed by atoms with E-state index in [1.54, 1.807) is 0 Å². The number of hydrogen-bond acceptors (Lipinski definition) is 1. The lowest BCUT2D eigenvalue weighted by molar-refractivity contribution is 1.08. The van der Waals surface area contributed by atoms with Gasteiger partial charge in [0.25, 0.3) is 0 Å². The van der Waals surface area contributed by atoms with Gasteiger partial charge in [0, 0.05) is 20.9 Å². The van der Waals surface area contributed by atoms with Crippen molar-refractivity contribution in [2.45, 2.75) is 6.42 Å². The first-order valence-electron chi connectivity index (χ1n) is 4.41. The summed E-state index contributed by atoms with van der Waals surface area (Å²) in [6, 6.07) is 10.3. The average molecular weight is 315 g/mol. The Kier molecular flexibility index (Phi) is 3.19. The van der Waals surface area contributed by atoms with Crippen molar-refractivity contribution in [1.29, 1.82) is 0 Å². The van der Waals surface area contributed by atoms with Crippen LogP contribution in [0.25, 0.3) is 10.9 Å². The number of nitrogens with zero attached hydrogens (tertiary/aromatic N) is 1. The number of aryl methyl sites for hydroxylation is 1. The summed E-state index contributed by atoms with van der Waals surface area (Å²) < 4.78 is 1.10. The summed E-state index contributed by atoms with van der Waals surface area (Å²) in [5.41, 5.74) is 2.20. The summed E-state index contributed by atoms with van der Waals surface area (Å²) >= 11 is 6.86. The number of aromatic nitrogens is 1. The normalized spacial score (nSPS) is 10.7. The predicted octanol–water partition coefficient (Wildman–Crippen LogP) is 3.93. The van der Waals surface area contributed by atoms with E-state index in [0.29, 0.717) is 0 Å². The fourth-order valence-corrected chi connectivity index (χ4v) is 2.16. The van der Waals surface area contributed by atoms with Gasteiger partial charge in [0.05, 0.1) is 5.52 Å². The quantitative estimate of drug-likeness (QED) is 0.765. The van der Waals surface area contributed by atoms with Crippen LogP contribution in [0, 0.1) is 0 Å². The largest absolute Gasteiger partial charge is 0.253 e. The number of rotatable bonds is 2. The Morgan fingerprint density at radius 1 is 1.14 bits per heavy atom. The fourth-order valence-electron chi connectivity index (χ4n) is 1.37. The number of halogens is 2. The fraction of sp³-hybridized carbons (Fsp3) is 0.182. The number of hydrogen-bond donors (Lipinski definition) is 0. The molecule has 0 bridgehead atoms. The van der Waals surface area contributed by atoms with Gasteiger partial charge in [0.2, 0.25) is 0 Å². The van der Waals surface area contributed by atoms with E-state index in [4.69, 9.17) is 0 Å². The van der Waals surface area contributed by atoms with Crippen molar-refractivity contribution in [2.75, 3.05) is 5.33 Å². The molecule has 0 saturated carbocycles. The van der Waals surface area contributed by atoms with Crippen LogP contribution in [0.15, 0.2) is 34.8 Å². The molecule has 0 radical (unpaired) electrons. The van der Waals surface area contributed by atoms with Gasteiger partial charge in [-0.2, -0.15) is 0 Å². The molecular formula is C11H9Br2N. The summed E-state index contributed by atoms with van der Waals surface area (Å²) in [5.74, 6) is 0. The van der Waals surface area contributed by atoms with E-state index in [-0.39, 0.29) is 0 Å². The second kappa shape index (κ2) is 4.41. The topological polar surface area (TPSA) is 12.9 Å². The van der Waals surface area contributed by atoms with Gasteiger partial charge in [-0.1, -0.05) is 37.9 Å². The van der Waals surface area contributed by atoms with E-state index in [1.807, 2.05) is 12.1 Å². The van der Waals surface area contributed by atoms with Crippen LogP contribution in [0.4, 0.5) is 0 Å². The van der Waals surface area contributed by atoms with Crippen molar-refractivity contribution in [3.8, 4) is 0 Å². The molecule has 1 heterocycles. The summed E-state index contributed by atoms with van der Waals surface area (Å²) in [4.78, 5) is 4.56. The lowest BCUT2D eigenvalue weighted by atomic mass is 10.2. The zero-order valence-corrected chi connectivity index (χ0v) is 10.7. The van der Waals surface area contributed by atoms with Crippen LogP contribution in [0.1, 0.15) is 5.69 Å². The van der Waals surface area contributed by atoms with Gasteiger partial charge < -0.3 is 0 Å². The summed E-state index contributed by atoms with van der Waals surface area (Å²) in [5, 5.41) is 2.14. The van der Waals surface area contributed by atoms with Crippen LogP contribution in [0.2, 0.25) is 0 Å². The van der Waals surface area contributed by atoms with Gasteiger partial charge >= 0.3 is 0 Å². The number of alkyl halides is 1. The van der Waals surface area contributed by atoms with Gasteiger partial charge in [0.15, 0.2) is 0 Å². The van der Waals surface area contributed by atoms with Crippen molar-refractivity contribution in [1.82, 2.24) is 4.98 Å². The number of fused-ring (bicyclic) bond motifs is 1. The second-order valence-electron chi connectivity index (χ2n) is 3.08. The van der Waals surface area contributed by atoms with E-state index in [2.05, 4.69) is 55.0 Å². The Labute approximate surface area is 99.8 Å². The molecule has 1 aromatic heterocycles. The molecule has 14 heavy (non-hydrogen) atoms. The van der Waals surface area contributed by atoms with Gasteiger partial charge in [-0.25, -0.2) is 0 Å². The molecule has 0 unspecified atom stereocenters. The molecule has 0 saturated heterocycles. The standard InChI is InChI=1S/C11H9Br2N/c12-6-5-10-3-1-8-7-9(13)2-4-11(8)14-10/h1-4,7H,5-6H2. The molecule has 2 aromatic rings. The maximum absolute atomic E-state index is 4.56. The molecule has 2 rings (SSSR count). The van der Waals surface area contributed by atoms with Crippen LogP contribution in [-0.4, -0.2) is 10.3 Å². The number of pyridine rings is 1. The van der Waals surface area contributed by atoms with Gasteiger partial charge in [0.1, 0.15) is 0 Å². The monoisotopic (exact) mass is 313 g/mol. The molecule has 1 aromatic carbocycles. The highest BCUT2D eigenvalue weighted by molar-refractivity contribution is 9.10. The molecule has 0 fully saturated rings. The van der Waals surface area contributed by atoms with Crippen LogP contribution >= 0.6 is 31.9 Å². The van der Waals surface area contributed by atoms with Gasteiger partial charge in [-0.05, 0) is 30.7 Å². The van der Waals surface area contributed by atoms with Gasteiger partial charge in [-0.15, -0.1) is 0 Å². The first-order valence-corrected chi connectivity index (χ1v) is 6.32. The third kappa shape index (κ3) is 2.15. The number of benzene rings is 1. The molecule has 0 spiro atoms. The third-order valence-electron chi connectivity index (χ3n) is 2.06. The molecule has 0 amide bonds. The van der Waals surface area contributed by atoms with Crippen LogP contribution in [-0.2, 0) is 6.42 Å². The highest BCUT2D eigenvalue weighted by Crippen LogP contribution is 2.18. The summed E-state index contributed by atoms with van der Waals surface area (Å²) in [7, 11) is 0. The Morgan fingerprint density at radius 3 is 2.79 bits per heavy atom. The van der Waals surface area contributed by atoms with E-state index in [1.165, 1.54) is 5.39 Å². The van der Waals surface area contributed by atoms with Crippen molar-refractivity contribution in [3.63, 3.8) is 0 Å². The van der Waals surface area contributed by atoms with Crippen LogP contribution in [0.3, 0.4) is 0 Å². The Balaban J connectivity index is 2.50. The lowest BCUT2D eigenvalue weighted by Crippen LogP contribution is -1.90. The van der Waals surface area contributed by atoms with Crippen molar-refractivity contribution in [2.24, 2.45) is 0 Å². The first kappa shape index (κ1) is 10.1. The summed E-state index contributed by atoms with van der Waals surface area (Å²) in [6.07, 6.45) is 0.978. The maximum Gasteiger partial charge on any atom is 0.0706 e. The van der Waals surface area contributed by atoms with E-state index >= 15 is 0 Å². The highest BCUT2D eigenvalue weighted by Gasteiger charge is 1.98. The molecule has 0 aliphatic heterocycles. The third-order valence-corrected chi connectivity index (χ3v) is 2.95. The molecule has 72 valence electrons. The highest BCUT2D eigenvalue weighted by atomic mass is 79.9. The Morgan fingerprint density at radius 2 is 2.00 bits per heavy atom. The van der Waals surface area contributed by atoms with Crippen molar-refractivity contribution < 1.29 is 0 Å². The lowest BCUT2D eigenvalue weighted by Gasteiger charge is -2.01. The minimum absolute atomic E-state index is 0.960. The van der Waals surface area contributed by atoms with E-state index in [9.17, 15) is 0 Å². The van der Waals surface area contributed by atoms with Crippen LogP contribution < -0.4 is 0 Å². The smallest absolute Gasteiger partial charge is 0.0706 e. The Bertz CT molecular complexity index is 454. The zero-order chi connectivity index (χ0) is 9.97. The minimum Gasteiger partial charge on any atom is -0.253 e. The molecule has 3 heteroatoms. The minimum atomic E-state index is 0.960. The summed E-state index contributed by atoms with van der Waals surface area (Å²) in [6.45, 7) is 0. The predicted molar refractivity (Wildman–Crippen MR) is 66.9 cm³/mol.